The van der Waals surface area contributed by atoms with Gasteiger partial charge in [0.2, 0.25) is 0 Å². The Morgan fingerprint density at radius 2 is 2.18 bits per heavy atom. The molecule has 0 aliphatic carbocycles. The monoisotopic (exact) mass is 220 g/mol. The van der Waals surface area contributed by atoms with Crippen LogP contribution < -0.4 is 0 Å². The molecule has 3 heteroatoms. The van der Waals surface area contributed by atoms with Crippen LogP contribution in [0.25, 0.3) is 11.5 Å². The van der Waals surface area contributed by atoms with Gasteiger partial charge < -0.3 is 9.40 Å². The average Bonchev–Trinajstić information content (AvgIpc) is 2.59. The van der Waals surface area contributed by atoms with Crippen molar-refractivity contribution in [3.63, 3.8) is 0 Å². The SMILES string of the molecule is [Y].[c-]1cc[nH]c1-c1[c-]cco1. The molecule has 2 aromatic heterocycles. The predicted molar refractivity (Wildman–Crippen MR) is 36.2 cm³/mol. The van der Waals surface area contributed by atoms with Crippen molar-refractivity contribution < 1.29 is 37.1 Å². The summed E-state index contributed by atoms with van der Waals surface area (Å²) in [5.41, 5.74) is 0.838. The number of furan rings is 1. The van der Waals surface area contributed by atoms with E-state index in [2.05, 4.69) is 17.1 Å². The van der Waals surface area contributed by atoms with E-state index in [-0.39, 0.29) is 32.7 Å². The van der Waals surface area contributed by atoms with Crippen LogP contribution in [0.5, 0.6) is 0 Å². The van der Waals surface area contributed by atoms with Crippen LogP contribution in [0.2, 0.25) is 0 Å². The molecule has 11 heavy (non-hydrogen) atoms. The van der Waals surface area contributed by atoms with Gasteiger partial charge in [-0.15, -0.1) is 11.9 Å². The Morgan fingerprint density at radius 3 is 2.73 bits per heavy atom. The van der Waals surface area contributed by atoms with Gasteiger partial charge in [-0.25, -0.2) is 12.1 Å². The maximum atomic E-state index is 5.06. The van der Waals surface area contributed by atoms with Crippen LogP contribution in [0.1, 0.15) is 0 Å². The molecule has 0 aromatic carbocycles. The molecule has 0 aliphatic rings. The zero-order valence-corrected chi connectivity index (χ0v) is 8.63. The summed E-state index contributed by atoms with van der Waals surface area (Å²) < 4.78 is 5.06. The van der Waals surface area contributed by atoms with Gasteiger partial charge in [-0.2, -0.15) is 12.1 Å². The molecular formula is C8H5NOY-2. The summed E-state index contributed by atoms with van der Waals surface area (Å²) in [5, 5.41) is 0. The molecule has 1 radical (unpaired) electrons. The smallest absolute Gasteiger partial charge is 0 e. The van der Waals surface area contributed by atoms with Gasteiger partial charge in [-0.1, -0.05) is 5.76 Å². The van der Waals surface area contributed by atoms with Gasteiger partial charge in [0.15, 0.2) is 0 Å². The zero-order valence-electron chi connectivity index (χ0n) is 5.79. The van der Waals surface area contributed by atoms with Crippen LogP contribution in [-0.2, 0) is 32.7 Å². The molecule has 0 bridgehead atoms. The number of rotatable bonds is 1. The van der Waals surface area contributed by atoms with Crippen molar-refractivity contribution in [2.45, 2.75) is 0 Å². The van der Waals surface area contributed by atoms with Gasteiger partial charge in [0.05, 0.1) is 0 Å². The summed E-state index contributed by atoms with van der Waals surface area (Å²) in [6.45, 7) is 0. The molecule has 0 saturated carbocycles. The quantitative estimate of drug-likeness (QED) is 0.730. The molecule has 1 N–H and O–H groups in total. The van der Waals surface area contributed by atoms with Crippen LogP contribution in [-0.4, -0.2) is 4.98 Å². The topological polar surface area (TPSA) is 28.9 Å². The molecule has 0 atom stereocenters. The van der Waals surface area contributed by atoms with Crippen LogP contribution in [0.3, 0.4) is 0 Å². The minimum Gasteiger partial charge on any atom is -0.602 e. The Balaban J connectivity index is 0.000000605. The first-order valence-corrected chi connectivity index (χ1v) is 2.97. The fourth-order valence-electron chi connectivity index (χ4n) is 0.800. The van der Waals surface area contributed by atoms with Gasteiger partial charge in [-0.05, 0) is 6.26 Å². The number of H-pyrrole nitrogens is 1. The Labute approximate surface area is 89.9 Å². The van der Waals surface area contributed by atoms with Crippen molar-refractivity contribution in [1.82, 2.24) is 4.98 Å². The van der Waals surface area contributed by atoms with Crippen molar-refractivity contribution in [3.8, 4) is 11.5 Å². The van der Waals surface area contributed by atoms with Gasteiger partial charge in [0.25, 0.3) is 0 Å². The normalized spacial score (nSPS) is 9.09. The predicted octanol–water partition coefficient (Wildman–Crippen LogP) is 1.87. The summed E-state index contributed by atoms with van der Waals surface area (Å²) in [4.78, 5) is 2.96. The second kappa shape index (κ2) is 3.89. The van der Waals surface area contributed by atoms with E-state index in [0.717, 1.165) is 5.69 Å². The van der Waals surface area contributed by atoms with E-state index in [1.807, 2.05) is 0 Å². The summed E-state index contributed by atoms with van der Waals surface area (Å²) in [6.07, 6.45) is 3.38. The second-order valence-electron chi connectivity index (χ2n) is 1.89. The molecule has 0 spiro atoms. The maximum Gasteiger partial charge on any atom is 0 e. The number of nitrogens with one attached hydrogen (secondary N) is 1. The summed E-state index contributed by atoms with van der Waals surface area (Å²) in [7, 11) is 0. The van der Waals surface area contributed by atoms with Crippen molar-refractivity contribution in [2.24, 2.45) is 0 Å². The molecule has 0 fully saturated rings. The fraction of sp³-hybridized carbons (Fsp3) is 0. The van der Waals surface area contributed by atoms with Crippen LogP contribution in [0.15, 0.2) is 29.0 Å². The number of aromatic amines is 1. The van der Waals surface area contributed by atoms with Crippen LogP contribution in [0.4, 0.5) is 0 Å². The Kier molecular flexibility index (Phi) is 3.09. The van der Waals surface area contributed by atoms with Crippen molar-refractivity contribution >= 4 is 0 Å². The van der Waals surface area contributed by atoms with Gasteiger partial charge in [0, 0.05) is 32.7 Å². The van der Waals surface area contributed by atoms with Crippen molar-refractivity contribution in [3.05, 3.63) is 36.7 Å². The third-order valence-corrected chi connectivity index (χ3v) is 1.23. The minimum atomic E-state index is 0. The minimum absolute atomic E-state index is 0. The molecule has 0 unspecified atom stereocenters. The van der Waals surface area contributed by atoms with E-state index >= 15 is 0 Å². The second-order valence-corrected chi connectivity index (χ2v) is 1.89. The molecule has 2 heterocycles. The number of aromatic nitrogens is 1. The van der Waals surface area contributed by atoms with E-state index in [1.54, 1.807) is 24.6 Å². The third kappa shape index (κ3) is 1.82. The Hall–Kier alpha value is -0.336. The van der Waals surface area contributed by atoms with E-state index in [9.17, 15) is 0 Å². The molecule has 0 saturated heterocycles. The summed E-state index contributed by atoms with van der Waals surface area (Å²) in [6, 6.07) is 9.39. The Morgan fingerprint density at radius 1 is 1.27 bits per heavy atom. The van der Waals surface area contributed by atoms with Gasteiger partial charge in [-0.3, -0.25) is 0 Å². The zero-order chi connectivity index (χ0) is 6.81. The van der Waals surface area contributed by atoms with E-state index < -0.39 is 0 Å². The first kappa shape index (κ1) is 8.76. The van der Waals surface area contributed by atoms with E-state index in [1.165, 1.54) is 0 Å². The van der Waals surface area contributed by atoms with Crippen LogP contribution in [0, 0.1) is 12.1 Å². The van der Waals surface area contributed by atoms with Gasteiger partial charge in [0.1, 0.15) is 0 Å². The fourth-order valence-corrected chi connectivity index (χ4v) is 0.800. The molecule has 2 aromatic rings. The van der Waals surface area contributed by atoms with Gasteiger partial charge >= 0.3 is 0 Å². The first-order chi connectivity index (χ1) is 4.97. The molecule has 0 amide bonds. The van der Waals surface area contributed by atoms with Crippen molar-refractivity contribution in [2.75, 3.05) is 0 Å². The molecule has 0 aliphatic heterocycles. The largest absolute Gasteiger partial charge is 0.602 e. The van der Waals surface area contributed by atoms with E-state index in [0.29, 0.717) is 5.76 Å². The third-order valence-electron chi connectivity index (χ3n) is 1.23. The summed E-state index contributed by atoms with van der Waals surface area (Å²) >= 11 is 0. The van der Waals surface area contributed by atoms with Crippen molar-refractivity contribution in [1.29, 1.82) is 0 Å². The number of hydrogen-bond acceptors (Lipinski definition) is 1. The molecule has 53 valence electrons. The average molecular weight is 220 g/mol. The maximum absolute atomic E-state index is 5.06. The molecular weight excluding hydrogens is 215 g/mol. The molecule has 2 nitrogen and oxygen atoms in total. The first-order valence-electron chi connectivity index (χ1n) is 2.97. The summed E-state index contributed by atoms with van der Waals surface area (Å²) in [5.74, 6) is 0.699. The number of hydrogen-bond donors (Lipinski definition) is 1. The molecule has 2 rings (SSSR count). The standard InChI is InChI=1S/C8H5NO.Y/c1-3-7(9-5-1)8-4-2-6-10-8;/h1-2,5-6,9H;/q-2;. The Bertz CT molecular complexity index is 254. The van der Waals surface area contributed by atoms with E-state index in [4.69, 9.17) is 4.42 Å². The van der Waals surface area contributed by atoms with Crippen LogP contribution >= 0.6 is 0 Å².